The van der Waals surface area contributed by atoms with Gasteiger partial charge in [-0.05, 0) is 32.0 Å². The average molecular weight is 342 g/mol. The maximum Gasteiger partial charge on any atom is 0.416 e. The van der Waals surface area contributed by atoms with E-state index in [4.69, 9.17) is 4.74 Å². The third-order valence-electron chi connectivity index (χ3n) is 3.50. The van der Waals surface area contributed by atoms with Crippen LogP contribution in [0.2, 0.25) is 0 Å². The highest BCUT2D eigenvalue weighted by Crippen LogP contribution is 2.31. The molecule has 0 saturated carbocycles. The molecule has 1 amide bonds. The number of hydrogen-bond donors (Lipinski definition) is 1. The van der Waals surface area contributed by atoms with E-state index in [1.54, 1.807) is 11.6 Å². The molecule has 9 heteroatoms. The molecule has 0 saturated heterocycles. The molecule has 1 heterocycles. The lowest BCUT2D eigenvalue weighted by molar-refractivity contribution is -0.137. The molecule has 130 valence electrons. The van der Waals surface area contributed by atoms with Gasteiger partial charge in [-0.3, -0.25) is 4.79 Å². The number of halogens is 3. The normalized spacial score (nSPS) is 14.0. The maximum absolute atomic E-state index is 12.6. The second-order valence-electron chi connectivity index (χ2n) is 5.29. The van der Waals surface area contributed by atoms with E-state index in [-0.39, 0.29) is 24.4 Å². The summed E-state index contributed by atoms with van der Waals surface area (Å²) in [5.41, 5.74) is -0.825. The first-order valence-corrected chi connectivity index (χ1v) is 7.21. The molecule has 2 aromatic rings. The number of hydrogen-bond acceptors (Lipinski definition) is 4. The lowest BCUT2D eigenvalue weighted by atomic mass is 10.2. The van der Waals surface area contributed by atoms with Crippen LogP contribution in [0.3, 0.4) is 0 Å². The fraction of sp³-hybridized carbons (Fsp3) is 0.400. The molecule has 6 nitrogen and oxygen atoms in total. The average Bonchev–Trinajstić information content (AvgIpc) is 3.06. The van der Waals surface area contributed by atoms with Gasteiger partial charge >= 0.3 is 6.18 Å². The number of aromatic nitrogens is 3. The quantitative estimate of drug-likeness (QED) is 0.875. The predicted molar refractivity (Wildman–Crippen MR) is 79.3 cm³/mol. The van der Waals surface area contributed by atoms with Gasteiger partial charge in [0.05, 0.1) is 11.6 Å². The van der Waals surface area contributed by atoms with Gasteiger partial charge in [-0.15, -0.1) is 0 Å². The zero-order valence-corrected chi connectivity index (χ0v) is 13.1. The van der Waals surface area contributed by atoms with Crippen molar-refractivity contribution in [3.63, 3.8) is 0 Å². The van der Waals surface area contributed by atoms with Gasteiger partial charge in [0.2, 0.25) is 0 Å². The summed E-state index contributed by atoms with van der Waals surface area (Å²) in [6, 6.07) is 3.99. The number of rotatable bonds is 6. The Labute approximate surface area is 136 Å². The summed E-state index contributed by atoms with van der Waals surface area (Å²) in [5, 5.41) is 6.70. The molecule has 0 radical (unpaired) electrons. The van der Waals surface area contributed by atoms with Crippen molar-refractivity contribution in [2.45, 2.75) is 32.1 Å². The SMILES string of the molecule is C[C@@H](NC(=O)COc1cccc(C(F)(F)F)c1)[C@H](C)n1cncn1. The van der Waals surface area contributed by atoms with Gasteiger partial charge in [0, 0.05) is 6.04 Å². The van der Waals surface area contributed by atoms with Crippen molar-refractivity contribution < 1.29 is 22.7 Å². The monoisotopic (exact) mass is 342 g/mol. The zero-order chi connectivity index (χ0) is 17.7. The van der Waals surface area contributed by atoms with Crippen molar-refractivity contribution in [3.05, 3.63) is 42.5 Å². The number of nitrogens with one attached hydrogen (secondary N) is 1. The Morgan fingerprint density at radius 1 is 1.38 bits per heavy atom. The first-order valence-electron chi connectivity index (χ1n) is 7.21. The Hall–Kier alpha value is -2.58. The molecule has 0 aliphatic heterocycles. The third kappa shape index (κ3) is 4.71. The van der Waals surface area contributed by atoms with E-state index in [0.29, 0.717) is 0 Å². The molecule has 1 aromatic heterocycles. The molecule has 0 aliphatic rings. The number of nitrogens with zero attached hydrogens (tertiary/aromatic N) is 3. The minimum Gasteiger partial charge on any atom is -0.484 e. The van der Waals surface area contributed by atoms with Gasteiger partial charge in [0.25, 0.3) is 5.91 Å². The van der Waals surface area contributed by atoms with Crippen molar-refractivity contribution in [2.24, 2.45) is 0 Å². The second kappa shape index (κ2) is 7.33. The van der Waals surface area contributed by atoms with E-state index in [1.807, 2.05) is 6.92 Å². The number of carbonyl (C=O) groups excluding carboxylic acids is 1. The summed E-state index contributed by atoms with van der Waals surface area (Å²) in [6.07, 6.45) is -1.53. The number of carbonyl (C=O) groups is 1. The summed E-state index contributed by atoms with van der Waals surface area (Å²) in [4.78, 5) is 15.7. The first kappa shape index (κ1) is 17.8. The highest BCUT2D eigenvalue weighted by atomic mass is 19.4. The van der Waals surface area contributed by atoms with Crippen molar-refractivity contribution in [1.29, 1.82) is 0 Å². The van der Waals surface area contributed by atoms with Crippen LogP contribution in [0.5, 0.6) is 5.75 Å². The van der Waals surface area contributed by atoms with E-state index in [9.17, 15) is 18.0 Å². The molecule has 0 unspecified atom stereocenters. The van der Waals surface area contributed by atoms with E-state index in [1.165, 1.54) is 24.8 Å². The molecule has 2 atom stereocenters. The van der Waals surface area contributed by atoms with Crippen molar-refractivity contribution in [3.8, 4) is 5.75 Å². The summed E-state index contributed by atoms with van der Waals surface area (Å²) in [7, 11) is 0. The lowest BCUT2D eigenvalue weighted by Gasteiger charge is -2.21. The molecule has 1 aromatic carbocycles. The summed E-state index contributed by atoms with van der Waals surface area (Å²) in [5.74, 6) is -0.455. The van der Waals surface area contributed by atoms with Crippen LogP contribution in [0.25, 0.3) is 0 Å². The van der Waals surface area contributed by atoms with Gasteiger partial charge in [0.1, 0.15) is 18.4 Å². The largest absolute Gasteiger partial charge is 0.484 e. The van der Waals surface area contributed by atoms with Gasteiger partial charge in [-0.1, -0.05) is 6.07 Å². The van der Waals surface area contributed by atoms with Crippen LogP contribution in [-0.4, -0.2) is 33.3 Å². The van der Waals surface area contributed by atoms with Crippen LogP contribution in [-0.2, 0) is 11.0 Å². The maximum atomic E-state index is 12.6. The molecule has 1 N–H and O–H groups in total. The number of benzene rings is 1. The highest BCUT2D eigenvalue weighted by molar-refractivity contribution is 5.77. The van der Waals surface area contributed by atoms with Gasteiger partial charge in [-0.2, -0.15) is 18.3 Å². The lowest BCUT2D eigenvalue weighted by Crippen LogP contribution is -2.40. The Kier molecular flexibility index (Phi) is 5.42. The first-order chi connectivity index (χ1) is 11.3. The fourth-order valence-electron chi connectivity index (χ4n) is 1.98. The molecule has 0 spiro atoms. The standard InChI is InChI=1S/C15H17F3N4O2/c1-10(11(2)22-9-19-8-20-22)21-14(23)7-24-13-5-3-4-12(6-13)15(16,17)18/h3-6,8-11H,7H2,1-2H3,(H,21,23)/t10-,11+/m1/s1. The summed E-state index contributed by atoms with van der Waals surface area (Å²) in [6.45, 7) is 3.26. The van der Waals surface area contributed by atoms with E-state index in [0.717, 1.165) is 12.1 Å². The Morgan fingerprint density at radius 3 is 2.75 bits per heavy atom. The molecule has 0 aliphatic carbocycles. The highest BCUT2D eigenvalue weighted by Gasteiger charge is 2.30. The van der Waals surface area contributed by atoms with Gasteiger partial charge in [-0.25, -0.2) is 9.67 Å². The molecule has 24 heavy (non-hydrogen) atoms. The zero-order valence-electron chi connectivity index (χ0n) is 13.1. The minimum atomic E-state index is -4.45. The van der Waals surface area contributed by atoms with Crippen molar-refractivity contribution in [1.82, 2.24) is 20.1 Å². The smallest absolute Gasteiger partial charge is 0.416 e. The molecular formula is C15H17F3N4O2. The van der Waals surface area contributed by atoms with Crippen LogP contribution >= 0.6 is 0 Å². The summed E-state index contributed by atoms with van der Waals surface area (Å²) >= 11 is 0. The molecule has 2 rings (SSSR count). The number of amides is 1. The van der Waals surface area contributed by atoms with Crippen LogP contribution in [0.4, 0.5) is 13.2 Å². The fourth-order valence-corrected chi connectivity index (χ4v) is 1.98. The van der Waals surface area contributed by atoms with Crippen molar-refractivity contribution >= 4 is 5.91 Å². The summed E-state index contributed by atoms with van der Waals surface area (Å²) < 4.78 is 44.6. The molecular weight excluding hydrogens is 325 g/mol. The van der Waals surface area contributed by atoms with Crippen LogP contribution in [0, 0.1) is 0 Å². The predicted octanol–water partition coefficient (Wildman–Crippen LogP) is 2.44. The van der Waals surface area contributed by atoms with Gasteiger partial charge < -0.3 is 10.1 Å². The Morgan fingerprint density at radius 2 is 2.12 bits per heavy atom. The van der Waals surface area contributed by atoms with E-state index >= 15 is 0 Å². The number of ether oxygens (including phenoxy) is 1. The number of alkyl halides is 3. The Balaban J connectivity index is 1.87. The molecule has 0 bridgehead atoms. The Bertz CT molecular complexity index is 674. The van der Waals surface area contributed by atoms with Crippen LogP contribution in [0.15, 0.2) is 36.9 Å². The van der Waals surface area contributed by atoms with Crippen LogP contribution in [0.1, 0.15) is 25.5 Å². The van der Waals surface area contributed by atoms with Crippen LogP contribution < -0.4 is 10.1 Å². The van der Waals surface area contributed by atoms with Crippen molar-refractivity contribution in [2.75, 3.05) is 6.61 Å². The van der Waals surface area contributed by atoms with Gasteiger partial charge in [0.15, 0.2) is 6.61 Å². The molecule has 0 fully saturated rings. The second-order valence-corrected chi connectivity index (χ2v) is 5.29. The van der Waals surface area contributed by atoms with E-state index < -0.39 is 17.6 Å². The van der Waals surface area contributed by atoms with E-state index in [2.05, 4.69) is 15.4 Å². The topological polar surface area (TPSA) is 69.0 Å². The minimum absolute atomic E-state index is 0.0167. The third-order valence-corrected chi connectivity index (χ3v) is 3.50.